The Bertz CT molecular complexity index is 179. The monoisotopic (exact) mass is 128 g/mol. The van der Waals surface area contributed by atoms with E-state index in [9.17, 15) is 0 Å². The van der Waals surface area contributed by atoms with Gasteiger partial charge in [-0.05, 0) is 0 Å². The Labute approximate surface area is 50.2 Å². The molecule has 0 aliphatic carbocycles. The molecule has 8 heavy (non-hydrogen) atoms. The topological polar surface area (TPSA) is 33.3 Å². The lowest BCUT2D eigenvalue weighted by Gasteiger charge is -1.87. The van der Waals surface area contributed by atoms with E-state index in [-0.39, 0.29) is 0 Å². The van der Waals surface area contributed by atoms with E-state index in [1.807, 2.05) is 10.8 Å². The molecule has 0 fully saturated rings. The van der Waals surface area contributed by atoms with Crippen molar-refractivity contribution in [3.63, 3.8) is 0 Å². The molecule has 42 valence electrons. The Balaban J connectivity index is 2.54. The minimum absolute atomic E-state index is 1.02. The zero-order valence-corrected chi connectivity index (χ0v) is 4.79. The fraction of sp³-hybridized carbons (Fsp3) is 0. The molecule has 0 spiro atoms. The maximum atomic E-state index is 4.66. The van der Waals surface area contributed by atoms with Crippen molar-refractivity contribution in [3.8, 4) is 0 Å². The van der Waals surface area contributed by atoms with Crippen LogP contribution >= 0.6 is 11.3 Å². The standard InChI is InChI=1S/C4H4N2OS/c1-3-4(2-8-1)6-7-5-3/h1-2,5-6H. The summed E-state index contributed by atoms with van der Waals surface area (Å²) in [7, 11) is 0. The number of nitrogens with one attached hydrogen (secondary N) is 2. The molecule has 0 atom stereocenters. The van der Waals surface area contributed by atoms with Crippen LogP contribution in [0, 0.1) is 0 Å². The van der Waals surface area contributed by atoms with Gasteiger partial charge in [0.05, 0.1) is 11.4 Å². The summed E-state index contributed by atoms with van der Waals surface area (Å²) >= 11 is 1.64. The van der Waals surface area contributed by atoms with Gasteiger partial charge < -0.3 is 0 Å². The Morgan fingerprint density at radius 1 is 1.25 bits per heavy atom. The van der Waals surface area contributed by atoms with Gasteiger partial charge in [0.15, 0.2) is 0 Å². The minimum Gasteiger partial charge on any atom is -0.239 e. The molecule has 2 rings (SSSR count). The van der Waals surface area contributed by atoms with Crippen LogP contribution in [0.3, 0.4) is 0 Å². The number of hydrogen-bond acceptors (Lipinski definition) is 4. The summed E-state index contributed by atoms with van der Waals surface area (Å²) in [6, 6.07) is 0. The number of rotatable bonds is 0. The van der Waals surface area contributed by atoms with Crippen LogP contribution in [-0.2, 0) is 4.94 Å². The molecule has 2 heterocycles. The van der Waals surface area contributed by atoms with Crippen LogP contribution in [0.2, 0.25) is 0 Å². The van der Waals surface area contributed by atoms with Crippen molar-refractivity contribution in [1.82, 2.24) is 0 Å². The molecule has 0 radical (unpaired) electrons. The maximum Gasteiger partial charge on any atom is 0.0991 e. The van der Waals surface area contributed by atoms with Crippen LogP contribution in [0.1, 0.15) is 0 Å². The van der Waals surface area contributed by atoms with E-state index in [0.29, 0.717) is 0 Å². The van der Waals surface area contributed by atoms with E-state index in [1.54, 1.807) is 11.3 Å². The van der Waals surface area contributed by atoms with Gasteiger partial charge in [-0.25, -0.2) is 11.0 Å². The van der Waals surface area contributed by atoms with Crippen LogP contribution in [0.25, 0.3) is 0 Å². The van der Waals surface area contributed by atoms with Crippen molar-refractivity contribution in [2.45, 2.75) is 0 Å². The summed E-state index contributed by atoms with van der Waals surface area (Å²) in [6.45, 7) is 0. The average molecular weight is 128 g/mol. The zero-order valence-electron chi connectivity index (χ0n) is 3.97. The van der Waals surface area contributed by atoms with Crippen molar-refractivity contribution in [3.05, 3.63) is 10.8 Å². The van der Waals surface area contributed by atoms with Gasteiger partial charge in [0.25, 0.3) is 0 Å². The molecule has 2 N–H and O–H groups in total. The highest BCUT2D eigenvalue weighted by Crippen LogP contribution is 2.29. The van der Waals surface area contributed by atoms with Crippen molar-refractivity contribution >= 4 is 22.7 Å². The predicted octanol–water partition coefficient (Wildman–Crippen LogP) is 1.43. The highest BCUT2D eigenvalue weighted by Gasteiger charge is 2.08. The fourth-order valence-electron chi connectivity index (χ4n) is 0.591. The highest BCUT2D eigenvalue weighted by molar-refractivity contribution is 7.09. The highest BCUT2D eigenvalue weighted by atomic mass is 32.1. The second kappa shape index (κ2) is 1.37. The van der Waals surface area contributed by atoms with Crippen molar-refractivity contribution < 1.29 is 4.94 Å². The Morgan fingerprint density at radius 3 is 2.50 bits per heavy atom. The molecule has 1 aliphatic heterocycles. The lowest BCUT2D eigenvalue weighted by atomic mass is 10.5. The number of hydrogen-bond donors (Lipinski definition) is 2. The third-order valence-electron chi connectivity index (χ3n) is 0.984. The van der Waals surface area contributed by atoms with Crippen molar-refractivity contribution in [2.75, 3.05) is 11.0 Å². The summed E-state index contributed by atoms with van der Waals surface area (Å²) in [5.41, 5.74) is 7.41. The second-order valence-electron chi connectivity index (χ2n) is 1.51. The van der Waals surface area contributed by atoms with Gasteiger partial charge in [0.1, 0.15) is 0 Å². The van der Waals surface area contributed by atoms with Gasteiger partial charge in [0.2, 0.25) is 0 Å². The predicted molar refractivity (Wildman–Crippen MR) is 32.6 cm³/mol. The Morgan fingerprint density at radius 2 is 1.88 bits per heavy atom. The van der Waals surface area contributed by atoms with E-state index in [0.717, 1.165) is 11.4 Å². The summed E-state index contributed by atoms with van der Waals surface area (Å²) in [4.78, 5) is 4.66. The molecule has 0 aromatic carbocycles. The summed E-state index contributed by atoms with van der Waals surface area (Å²) in [5, 5.41) is 3.96. The van der Waals surface area contributed by atoms with E-state index in [2.05, 4.69) is 15.9 Å². The molecule has 0 bridgehead atoms. The summed E-state index contributed by atoms with van der Waals surface area (Å²) < 4.78 is 0. The van der Waals surface area contributed by atoms with Gasteiger partial charge >= 0.3 is 0 Å². The SMILES string of the molecule is c1scc2c1NON2. The van der Waals surface area contributed by atoms with Crippen LogP contribution < -0.4 is 11.0 Å². The lowest BCUT2D eigenvalue weighted by molar-refractivity contribution is 0.282. The van der Waals surface area contributed by atoms with E-state index in [4.69, 9.17) is 0 Å². The molecule has 1 aromatic rings. The van der Waals surface area contributed by atoms with Crippen LogP contribution in [-0.4, -0.2) is 0 Å². The quantitative estimate of drug-likeness (QED) is 0.554. The average Bonchev–Trinajstić information content (AvgIpc) is 2.15. The van der Waals surface area contributed by atoms with E-state index < -0.39 is 0 Å². The third kappa shape index (κ3) is 0.410. The molecule has 4 heteroatoms. The molecule has 1 aromatic heterocycles. The molecule has 0 unspecified atom stereocenters. The molecular formula is C4H4N2OS. The van der Waals surface area contributed by atoms with Gasteiger partial charge in [-0.15, -0.1) is 11.3 Å². The molecule has 0 amide bonds. The first-order valence-electron chi connectivity index (χ1n) is 2.21. The molecule has 0 saturated heterocycles. The summed E-state index contributed by atoms with van der Waals surface area (Å²) in [6.07, 6.45) is 0. The molecule has 0 saturated carbocycles. The van der Waals surface area contributed by atoms with Crippen LogP contribution in [0.4, 0.5) is 11.4 Å². The second-order valence-corrected chi connectivity index (χ2v) is 2.25. The van der Waals surface area contributed by atoms with Crippen LogP contribution in [0.15, 0.2) is 10.8 Å². The van der Waals surface area contributed by atoms with Gasteiger partial charge in [-0.2, -0.15) is 4.94 Å². The minimum atomic E-state index is 1.02. The number of thiophene rings is 1. The van der Waals surface area contributed by atoms with Crippen molar-refractivity contribution in [1.29, 1.82) is 0 Å². The number of anilines is 2. The zero-order chi connectivity index (χ0) is 5.40. The van der Waals surface area contributed by atoms with Crippen molar-refractivity contribution in [2.24, 2.45) is 0 Å². The van der Waals surface area contributed by atoms with Gasteiger partial charge in [0, 0.05) is 10.8 Å². The fourth-order valence-corrected chi connectivity index (χ4v) is 1.28. The first kappa shape index (κ1) is 4.17. The first-order chi connectivity index (χ1) is 3.97. The third-order valence-corrected chi connectivity index (χ3v) is 1.73. The normalized spacial score (nSPS) is 14.5. The Hall–Kier alpha value is -0.740. The smallest absolute Gasteiger partial charge is 0.0991 e. The largest absolute Gasteiger partial charge is 0.239 e. The van der Waals surface area contributed by atoms with E-state index >= 15 is 0 Å². The summed E-state index contributed by atoms with van der Waals surface area (Å²) in [5.74, 6) is 0. The number of fused-ring (bicyclic) bond motifs is 1. The maximum absolute atomic E-state index is 4.66. The van der Waals surface area contributed by atoms with Crippen LogP contribution in [0.5, 0.6) is 0 Å². The van der Waals surface area contributed by atoms with E-state index in [1.165, 1.54) is 0 Å². The molecule has 3 nitrogen and oxygen atoms in total. The first-order valence-corrected chi connectivity index (χ1v) is 3.15. The molecule has 1 aliphatic rings. The molecular weight excluding hydrogens is 124 g/mol. The van der Waals surface area contributed by atoms with Gasteiger partial charge in [-0.1, -0.05) is 0 Å². The van der Waals surface area contributed by atoms with Gasteiger partial charge in [-0.3, -0.25) is 0 Å². The lowest BCUT2D eigenvalue weighted by Crippen LogP contribution is -1.94. The Kier molecular flexibility index (Phi) is 0.712.